The Hall–Kier alpha value is -2.12. The number of anilines is 1. The van der Waals surface area contributed by atoms with Crippen LogP contribution in [-0.4, -0.2) is 79.4 Å². The molecule has 0 spiro atoms. The SMILES string of the molecule is CC(C)(C)OC(=O)CCN1CCN(CC2CN(c3ccccc3)C(=O)O2)CC1. The second kappa shape index (κ2) is 8.92. The van der Waals surface area contributed by atoms with E-state index in [0.717, 1.165) is 45.0 Å². The fourth-order valence-electron chi connectivity index (χ4n) is 3.56. The molecule has 0 saturated carbocycles. The molecule has 2 fully saturated rings. The summed E-state index contributed by atoms with van der Waals surface area (Å²) in [5.41, 5.74) is 0.448. The van der Waals surface area contributed by atoms with Gasteiger partial charge in [-0.3, -0.25) is 14.6 Å². The van der Waals surface area contributed by atoms with E-state index in [1.54, 1.807) is 4.90 Å². The number of rotatable bonds is 6. The summed E-state index contributed by atoms with van der Waals surface area (Å²) < 4.78 is 10.9. The number of benzene rings is 1. The van der Waals surface area contributed by atoms with Crippen molar-refractivity contribution in [3.05, 3.63) is 30.3 Å². The molecule has 154 valence electrons. The number of cyclic esters (lactones) is 1. The molecule has 7 heteroatoms. The number of piperazine rings is 1. The van der Waals surface area contributed by atoms with E-state index >= 15 is 0 Å². The number of carbonyl (C=O) groups is 2. The molecule has 0 N–H and O–H groups in total. The van der Waals surface area contributed by atoms with E-state index in [1.807, 2.05) is 51.1 Å². The maximum atomic E-state index is 12.2. The Kier molecular flexibility index (Phi) is 6.57. The fraction of sp³-hybridized carbons (Fsp3) is 0.619. The van der Waals surface area contributed by atoms with Crippen molar-refractivity contribution in [2.45, 2.75) is 38.9 Å². The van der Waals surface area contributed by atoms with Gasteiger partial charge in [0.05, 0.1) is 13.0 Å². The van der Waals surface area contributed by atoms with Crippen LogP contribution in [0.4, 0.5) is 10.5 Å². The third-order valence-electron chi connectivity index (χ3n) is 4.92. The van der Waals surface area contributed by atoms with Crippen molar-refractivity contribution in [2.24, 2.45) is 0 Å². The Morgan fingerprint density at radius 1 is 1.11 bits per heavy atom. The number of hydrogen-bond donors (Lipinski definition) is 0. The minimum Gasteiger partial charge on any atom is -0.460 e. The number of carbonyl (C=O) groups excluding carboxylic acids is 2. The van der Waals surface area contributed by atoms with Crippen LogP contribution in [0.5, 0.6) is 0 Å². The largest absolute Gasteiger partial charge is 0.460 e. The van der Waals surface area contributed by atoms with Crippen LogP contribution < -0.4 is 4.90 Å². The van der Waals surface area contributed by atoms with E-state index in [1.165, 1.54) is 0 Å². The molecule has 1 atom stereocenters. The first-order valence-corrected chi connectivity index (χ1v) is 10.00. The topological polar surface area (TPSA) is 62.3 Å². The third-order valence-corrected chi connectivity index (χ3v) is 4.92. The lowest BCUT2D eigenvalue weighted by Gasteiger charge is -2.35. The first-order valence-electron chi connectivity index (χ1n) is 10.00. The van der Waals surface area contributed by atoms with E-state index < -0.39 is 5.60 Å². The van der Waals surface area contributed by atoms with Crippen molar-refractivity contribution in [2.75, 3.05) is 50.7 Å². The normalized spacial score (nSPS) is 21.6. The summed E-state index contributed by atoms with van der Waals surface area (Å²) in [5, 5.41) is 0. The monoisotopic (exact) mass is 389 g/mol. The minimum absolute atomic E-state index is 0.110. The summed E-state index contributed by atoms with van der Waals surface area (Å²) in [6, 6.07) is 9.63. The van der Waals surface area contributed by atoms with Crippen molar-refractivity contribution in [1.82, 2.24) is 9.80 Å². The van der Waals surface area contributed by atoms with Gasteiger partial charge in [-0.1, -0.05) is 18.2 Å². The van der Waals surface area contributed by atoms with Gasteiger partial charge in [0.25, 0.3) is 0 Å². The third kappa shape index (κ3) is 5.94. The number of ether oxygens (including phenoxy) is 2. The maximum Gasteiger partial charge on any atom is 0.414 e. The number of esters is 1. The highest BCUT2D eigenvalue weighted by Gasteiger charge is 2.34. The number of para-hydroxylation sites is 1. The van der Waals surface area contributed by atoms with Crippen LogP contribution >= 0.6 is 0 Å². The standard InChI is InChI=1S/C21H31N3O4/c1-21(2,3)28-19(25)9-10-22-11-13-23(14-12-22)15-18-16-24(20(26)27-18)17-7-5-4-6-8-17/h4-8,18H,9-16H2,1-3H3. The summed E-state index contributed by atoms with van der Waals surface area (Å²) in [6.45, 7) is 11.4. The van der Waals surface area contributed by atoms with Gasteiger partial charge in [0, 0.05) is 45.0 Å². The van der Waals surface area contributed by atoms with Crippen LogP contribution in [0.3, 0.4) is 0 Å². The molecule has 0 radical (unpaired) electrons. The van der Waals surface area contributed by atoms with E-state index in [4.69, 9.17) is 9.47 Å². The lowest BCUT2D eigenvalue weighted by atomic mass is 10.2. The maximum absolute atomic E-state index is 12.2. The molecule has 7 nitrogen and oxygen atoms in total. The molecule has 1 unspecified atom stereocenters. The summed E-state index contributed by atoms with van der Waals surface area (Å²) in [6.07, 6.45) is 0.0389. The van der Waals surface area contributed by atoms with Crippen LogP contribution in [0.15, 0.2) is 30.3 Å². The van der Waals surface area contributed by atoms with Gasteiger partial charge in [-0.2, -0.15) is 0 Å². The zero-order valence-corrected chi connectivity index (χ0v) is 17.1. The van der Waals surface area contributed by atoms with Crippen molar-refractivity contribution in [1.29, 1.82) is 0 Å². The summed E-state index contributed by atoms with van der Waals surface area (Å²) in [7, 11) is 0. The molecule has 1 aromatic carbocycles. The highest BCUT2D eigenvalue weighted by atomic mass is 16.6. The van der Waals surface area contributed by atoms with Crippen molar-refractivity contribution in [3.63, 3.8) is 0 Å². The highest BCUT2D eigenvalue weighted by Crippen LogP contribution is 2.22. The molecule has 28 heavy (non-hydrogen) atoms. The Labute approximate surface area is 167 Å². The second-order valence-corrected chi connectivity index (χ2v) is 8.43. The highest BCUT2D eigenvalue weighted by molar-refractivity contribution is 5.89. The molecule has 0 aromatic heterocycles. The molecule has 0 bridgehead atoms. The molecule has 1 amide bonds. The average molecular weight is 389 g/mol. The summed E-state index contributed by atoms with van der Waals surface area (Å²) >= 11 is 0. The Morgan fingerprint density at radius 2 is 1.75 bits per heavy atom. The number of hydrogen-bond acceptors (Lipinski definition) is 6. The van der Waals surface area contributed by atoms with Gasteiger partial charge in [-0.15, -0.1) is 0 Å². The smallest absolute Gasteiger partial charge is 0.414 e. The van der Waals surface area contributed by atoms with Gasteiger partial charge in [0.15, 0.2) is 0 Å². The lowest BCUT2D eigenvalue weighted by Crippen LogP contribution is -2.49. The van der Waals surface area contributed by atoms with E-state index in [2.05, 4.69) is 9.80 Å². The van der Waals surface area contributed by atoms with Crippen LogP contribution in [0, 0.1) is 0 Å². The van der Waals surface area contributed by atoms with Crippen LogP contribution in [-0.2, 0) is 14.3 Å². The van der Waals surface area contributed by atoms with Gasteiger partial charge in [-0.25, -0.2) is 4.79 Å². The van der Waals surface area contributed by atoms with E-state index in [0.29, 0.717) is 13.0 Å². The molecule has 0 aliphatic carbocycles. The average Bonchev–Trinajstić information content (AvgIpc) is 3.01. The quantitative estimate of drug-likeness (QED) is 0.696. The first kappa shape index (κ1) is 20.6. The van der Waals surface area contributed by atoms with Crippen molar-refractivity contribution < 1.29 is 19.1 Å². The molecule has 3 rings (SSSR count). The lowest BCUT2D eigenvalue weighted by molar-refractivity contribution is -0.155. The molecule has 2 aliphatic heterocycles. The Morgan fingerprint density at radius 3 is 2.39 bits per heavy atom. The van der Waals surface area contributed by atoms with Crippen LogP contribution in [0.2, 0.25) is 0 Å². The van der Waals surface area contributed by atoms with Gasteiger partial charge in [-0.05, 0) is 32.9 Å². The molecule has 2 saturated heterocycles. The first-order chi connectivity index (χ1) is 13.3. The molecule has 1 aromatic rings. The minimum atomic E-state index is -0.428. The molecular formula is C21H31N3O4. The fourth-order valence-corrected chi connectivity index (χ4v) is 3.56. The predicted octanol–water partition coefficient (Wildman–Crippen LogP) is 2.36. The van der Waals surface area contributed by atoms with Crippen LogP contribution in [0.25, 0.3) is 0 Å². The zero-order valence-electron chi connectivity index (χ0n) is 17.1. The Balaban J connectivity index is 1.38. The number of nitrogens with zero attached hydrogens (tertiary/aromatic N) is 3. The van der Waals surface area contributed by atoms with Gasteiger partial charge < -0.3 is 14.4 Å². The van der Waals surface area contributed by atoms with Gasteiger partial charge in [0.2, 0.25) is 0 Å². The Bertz CT molecular complexity index is 666. The predicted molar refractivity (Wildman–Crippen MR) is 107 cm³/mol. The van der Waals surface area contributed by atoms with Crippen molar-refractivity contribution in [3.8, 4) is 0 Å². The van der Waals surface area contributed by atoms with Crippen LogP contribution in [0.1, 0.15) is 27.2 Å². The molecular weight excluding hydrogens is 358 g/mol. The second-order valence-electron chi connectivity index (χ2n) is 8.43. The zero-order chi connectivity index (χ0) is 20.1. The van der Waals surface area contributed by atoms with E-state index in [-0.39, 0.29) is 18.2 Å². The molecule has 2 aliphatic rings. The van der Waals surface area contributed by atoms with Crippen molar-refractivity contribution >= 4 is 17.7 Å². The van der Waals surface area contributed by atoms with Gasteiger partial charge in [0.1, 0.15) is 11.7 Å². The van der Waals surface area contributed by atoms with Gasteiger partial charge >= 0.3 is 12.1 Å². The van der Waals surface area contributed by atoms with E-state index in [9.17, 15) is 9.59 Å². The summed E-state index contributed by atoms with van der Waals surface area (Å²) in [4.78, 5) is 30.3. The summed E-state index contributed by atoms with van der Waals surface area (Å²) in [5.74, 6) is -0.145. The molecule has 2 heterocycles. The number of amides is 1.